The van der Waals surface area contributed by atoms with Crippen molar-refractivity contribution in [3.05, 3.63) is 29.8 Å². The van der Waals surface area contributed by atoms with Crippen LogP contribution in [0.2, 0.25) is 0 Å². The van der Waals surface area contributed by atoms with Crippen molar-refractivity contribution in [2.24, 2.45) is 0 Å². The molecule has 2 rings (SSSR count). The minimum atomic E-state index is -0.462. The molecule has 0 bridgehead atoms. The van der Waals surface area contributed by atoms with Gasteiger partial charge in [-0.1, -0.05) is 12.1 Å². The van der Waals surface area contributed by atoms with Crippen LogP contribution in [0.25, 0.3) is 0 Å². The Hall–Kier alpha value is -1.59. The third-order valence-electron chi connectivity index (χ3n) is 2.95. The SMILES string of the molecule is COc1ccc(C2OC2C(=O)OCCN(C)C)cc1. The van der Waals surface area contributed by atoms with Gasteiger partial charge < -0.3 is 19.1 Å². The highest BCUT2D eigenvalue weighted by atomic mass is 16.6. The number of rotatable bonds is 6. The minimum absolute atomic E-state index is 0.183. The molecule has 1 fully saturated rings. The summed E-state index contributed by atoms with van der Waals surface area (Å²) in [6.45, 7) is 1.10. The van der Waals surface area contributed by atoms with Gasteiger partial charge in [0.15, 0.2) is 6.10 Å². The average molecular weight is 265 g/mol. The molecule has 0 aliphatic carbocycles. The van der Waals surface area contributed by atoms with Gasteiger partial charge in [0.05, 0.1) is 7.11 Å². The van der Waals surface area contributed by atoms with E-state index in [-0.39, 0.29) is 12.1 Å². The van der Waals surface area contributed by atoms with Crippen molar-refractivity contribution in [1.82, 2.24) is 4.90 Å². The van der Waals surface area contributed by atoms with Crippen LogP contribution < -0.4 is 4.74 Å². The summed E-state index contributed by atoms with van der Waals surface area (Å²) in [6.07, 6.45) is -0.645. The van der Waals surface area contributed by atoms with E-state index in [0.717, 1.165) is 11.3 Å². The van der Waals surface area contributed by atoms with Crippen molar-refractivity contribution >= 4 is 5.97 Å². The monoisotopic (exact) mass is 265 g/mol. The fraction of sp³-hybridized carbons (Fsp3) is 0.500. The van der Waals surface area contributed by atoms with Crippen LogP contribution in [0.3, 0.4) is 0 Å². The lowest BCUT2D eigenvalue weighted by atomic mass is 10.1. The molecule has 1 aromatic rings. The zero-order valence-corrected chi connectivity index (χ0v) is 11.5. The molecule has 1 aromatic carbocycles. The second-order valence-corrected chi connectivity index (χ2v) is 4.72. The van der Waals surface area contributed by atoms with Gasteiger partial charge in [-0.25, -0.2) is 4.79 Å². The van der Waals surface area contributed by atoms with E-state index in [2.05, 4.69) is 0 Å². The van der Waals surface area contributed by atoms with Crippen LogP contribution in [0.4, 0.5) is 0 Å². The molecule has 2 unspecified atom stereocenters. The van der Waals surface area contributed by atoms with E-state index in [1.807, 2.05) is 43.3 Å². The first-order valence-corrected chi connectivity index (χ1v) is 6.22. The summed E-state index contributed by atoms with van der Waals surface area (Å²) in [5.74, 6) is 0.497. The maximum Gasteiger partial charge on any atom is 0.338 e. The normalized spacial score (nSPS) is 21.3. The third-order valence-corrected chi connectivity index (χ3v) is 2.95. The number of carbonyl (C=O) groups excluding carboxylic acids is 1. The number of carbonyl (C=O) groups is 1. The maximum absolute atomic E-state index is 11.7. The highest BCUT2D eigenvalue weighted by Crippen LogP contribution is 2.39. The zero-order chi connectivity index (χ0) is 13.8. The maximum atomic E-state index is 11.7. The van der Waals surface area contributed by atoms with Gasteiger partial charge in [0.25, 0.3) is 0 Å². The topological polar surface area (TPSA) is 51.3 Å². The molecule has 1 aliphatic heterocycles. The largest absolute Gasteiger partial charge is 0.497 e. The average Bonchev–Trinajstić information content (AvgIpc) is 3.18. The Bertz CT molecular complexity index is 430. The molecular weight excluding hydrogens is 246 g/mol. The van der Waals surface area contributed by atoms with Crippen LogP contribution in [-0.2, 0) is 14.3 Å². The first kappa shape index (κ1) is 13.8. The Morgan fingerprint density at radius 1 is 1.32 bits per heavy atom. The van der Waals surface area contributed by atoms with Crippen LogP contribution in [0.1, 0.15) is 11.7 Å². The smallest absolute Gasteiger partial charge is 0.338 e. The van der Waals surface area contributed by atoms with E-state index in [9.17, 15) is 4.79 Å². The van der Waals surface area contributed by atoms with Gasteiger partial charge >= 0.3 is 5.97 Å². The quantitative estimate of drug-likeness (QED) is 0.572. The molecule has 0 radical (unpaired) electrons. The van der Waals surface area contributed by atoms with Gasteiger partial charge in [0, 0.05) is 6.54 Å². The first-order chi connectivity index (χ1) is 9.11. The number of methoxy groups -OCH3 is 1. The van der Waals surface area contributed by atoms with Gasteiger partial charge in [-0.3, -0.25) is 0 Å². The van der Waals surface area contributed by atoms with E-state index < -0.39 is 6.10 Å². The number of esters is 1. The van der Waals surface area contributed by atoms with Gasteiger partial charge in [-0.15, -0.1) is 0 Å². The van der Waals surface area contributed by atoms with Crippen LogP contribution in [0.15, 0.2) is 24.3 Å². The highest BCUT2D eigenvalue weighted by molar-refractivity contribution is 5.78. The van der Waals surface area contributed by atoms with Gasteiger partial charge in [0.2, 0.25) is 0 Å². The highest BCUT2D eigenvalue weighted by Gasteiger charge is 2.47. The predicted octanol–water partition coefficient (Wildman–Crippen LogP) is 1.24. The summed E-state index contributed by atoms with van der Waals surface area (Å²) in [7, 11) is 5.48. The Kier molecular flexibility index (Phi) is 4.39. The van der Waals surface area contributed by atoms with Crippen LogP contribution >= 0.6 is 0 Å². The molecular formula is C14H19NO4. The minimum Gasteiger partial charge on any atom is -0.497 e. The summed E-state index contributed by atoms with van der Waals surface area (Å²) < 4.78 is 15.6. The molecule has 104 valence electrons. The van der Waals surface area contributed by atoms with Gasteiger partial charge in [0.1, 0.15) is 18.5 Å². The lowest BCUT2D eigenvalue weighted by Crippen LogP contribution is -2.22. The first-order valence-electron chi connectivity index (χ1n) is 6.22. The fourth-order valence-electron chi connectivity index (χ4n) is 1.75. The van der Waals surface area contributed by atoms with Gasteiger partial charge in [-0.2, -0.15) is 0 Å². The summed E-state index contributed by atoms with van der Waals surface area (Å²) in [5.41, 5.74) is 0.968. The van der Waals surface area contributed by atoms with Crippen LogP contribution in [0, 0.1) is 0 Å². The Labute approximate surface area is 113 Å². The zero-order valence-electron chi connectivity index (χ0n) is 11.5. The summed E-state index contributed by atoms with van der Waals surface area (Å²) in [6, 6.07) is 7.50. The van der Waals surface area contributed by atoms with E-state index in [0.29, 0.717) is 13.2 Å². The second kappa shape index (κ2) is 6.04. The van der Waals surface area contributed by atoms with E-state index in [1.54, 1.807) is 7.11 Å². The van der Waals surface area contributed by atoms with Crippen molar-refractivity contribution < 1.29 is 19.0 Å². The van der Waals surface area contributed by atoms with Crippen LogP contribution in [-0.4, -0.2) is 51.3 Å². The van der Waals surface area contributed by atoms with Gasteiger partial charge in [-0.05, 0) is 31.8 Å². The molecule has 1 heterocycles. The molecule has 0 saturated carbocycles. The number of hydrogen-bond donors (Lipinski definition) is 0. The molecule has 5 nitrogen and oxygen atoms in total. The fourth-order valence-corrected chi connectivity index (χ4v) is 1.75. The summed E-state index contributed by atoms with van der Waals surface area (Å²) in [4.78, 5) is 13.7. The molecule has 5 heteroatoms. The summed E-state index contributed by atoms with van der Waals surface area (Å²) in [5, 5.41) is 0. The molecule has 1 saturated heterocycles. The number of likely N-dealkylation sites (N-methyl/N-ethyl adjacent to an activating group) is 1. The molecule has 1 aliphatic rings. The van der Waals surface area contributed by atoms with Crippen molar-refractivity contribution in [2.75, 3.05) is 34.4 Å². The number of nitrogens with zero attached hydrogens (tertiary/aromatic N) is 1. The molecule has 19 heavy (non-hydrogen) atoms. The van der Waals surface area contributed by atoms with E-state index in [1.165, 1.54) is 0 Å². The standard InChI is InChI=1S/C14H19NO4/c1-15(2)8-9-18-14(16)13-12(19-13)10-4-6-11(17-3)7-5-10/h4-7,12-13H,8-9H2,1-3H3. The molecule has 0 aromatic heterocycles. The van der Waals surface area contributed by atoms with E-state index >= 15 is 0 Å². The number of ether oxygens (including phenoxy) is 3. The van der Waals surface area contributed by atoms with Crippen molar-refractivity contribution in [3.8, 4) is 5.75 Å². The Balaban J connectivity index is 1.81. The summed E-state index contributed by atoms with van der Waals surface area (Å²) >= 11 is 0. The Morgan fingerprint density at radius 3 is 2.58 bits per heavy atom. The number of epoxide rings is 1. The van der Waals surface area contributed by atoms with Crippen molar-refractivity contribution in [3.63, 3.8) is 0 Å². The number of benzene rings is 1. The van der Waals surface area contributed by atoms with Crippen molar-refractivity contribution in [2.45, 2.75) is 12.2 Å². The third kappa shape index (κ3) is 3.68. The van der Waals surface area contributed by atoms with E-state index in [4.69, 9.17) is 14.2 Å². The van der Waals surface area contributed by atoms with Crippen LogP contribution in [0.5, 0.6) is 5.75 Å². The lowest BCUT2D eigenvalue weighted by Gasteiger charge is -2.08. The number of hydrogen-bond acceptors (Lipinski definition) is 5. The molecule has 0 spiro atoms. The predicted molar refractivity (Wildman–Crippen MR) is 70.1 cm³/mol. The molecule has 0 N–H and O–H groups in total. The molecule has 2 atom stereocenters. The Morgan fingerprint density at radius 2 is 2.00 bits per heavy atom. The lowest BCUT2D eigenvalue weighted by molar-refractivity contribution is -0.145. The van der Waals surface area contributed by atoms with Crippen molar-refractivity contribution in [1.29, 1.82) is 0 Å². The molecule has 0 amide bonds. The second-order valence-electron chi connectivity index (χ2n) is 4.72.